The van der Waals surface area contributed by atoms with Crippen molar-refractivity contribution in [2.45, 2.75) is 12.8 Å². The van der Waals surface area contributed by atoms with Crippen molar-refractivity contribution in [2.75, 3.05) is 13.1 Å². The highest BCUT2D eigenvalue weighted by Gasteiger charge is 2.25. The minimum atomic E-state index is -0.373. The maximum absolute atomic E-state index is 12.7. The second-order valence-corrected chi connectivity index (χ2v) is 6.37. The zero-order valence-electron chi connectivity index (χ0n) is 14.5. The predicted octanol–water partition coefficient (Wildman–Crippen LogP) is 1.41. The van der Waals surface area contributed by atoms with Crippen molar-refractivity contribution in [1.29, 1.82) is 0 Å². The lowest BCUT2D eigenvalue weighted by Crippen LogP contribution is -2.35. The largest absolute Gasteiger partial charge is 0.337 e. The monoisotopic (exact) mass is 349 g/mol. The molecule has 1 aliphatic heterocycles. The number of aromatic amines is 1. The van der Waals surface area contributed by atoms with E-state index in [2.05, 4.69) is 27.2 Å². The zero-order valence-corrected chi connectivity index (χ0v) is 14.5. The predicted molar refractivity (Wildman–Crippen MR) is 96.8 cm³/mol. The molecule has 1 N–H and O–H groups in total. The van der Waals surface area contributed by atoms with E-state index < -0.39 is 0 Å². The van der Waals surface area contributed by atoms with Crippen molar-refractivity contribution in [3.8, 4) is 11.3 Å². The smallest absolute Gasteiger partial charge is 0.272 e. The normalized spacial score (nSPS) is 14.0. The average Bonchev–Trinajstić information content (AvgIpc) is 2.83. The first-order chi connectivity index (χ1) is 12.6. The number of benzene rings is 1. The maximum atomic E-state index is 12.7. The number of rotatable bonds is 2. The number of aromatic nitrogens is 4. The Morgan fingerprint density at radius 2 is 1.88 bits per heavy atom. The fourth-order valence-electron chi connectivity index (χ4n) is 3.50. The first kappa shape index (κ1) is 16.3. The van der Waals surface area contributed by atoms with Gasteiger partial charge in [0.2, 0.25) is 0 Å². The minimum Gasteiger partial charge on any atom is -0.337 e. The van der Waals surface area contributed by atoms with Gasteiger partial charge >= 0.3 is 0 Å². The van der Waals surface area contributed by atoms with Crippen molar-refractivity contribution in [1.82, 2.24) is 24.6 Å². The maximum Gasteiger partial charge on any atom is 0.272 e. The van der Waals surface area contributed by atoms with Gasteiger partial charge in [-0.05, 0) is 6.42 Å². The van der Waals surface area contributed by atoms with Crippen LogP contribution in [0.4, 0.5) is 0 Å². The number of H-pyrrole nitrogens is 1. The molecule has 1 aliphatic rings. The molecule has 4 rings (SSSR count). The highest BCUT2D eigenvalue weighted by molar-refractivity contribution is 5.92. The molecule has 0 spiro atoms. The number of aryl methyl sites for hydroxylation is 1. The summed E-state index contributed by atoms with van der Waals surface area (Å²) in [5.41, 5.74) is 4.29. The van der Waals surface area contributed by atoms with Crippen LogP contribution in [0.15, 0.2) is 47.5 Å². The van der Waals surface area contributed by atoms with E-state index in [4.69, 9.17) is 0 Å². The number of nitrogens with zero attached hydrogens (tertiary/aromatic N) is 4. The lowest BCUT2D eigenvalue weighted by Gasteiger charge is -2.20. The van der Waals surface area contributed by atoms with Crippen LogP contribution in [-0.4, -0.2) is 43.6 Å². The van der Waals surface area contributed by atoms with Crippen LogP contribution in [0.2, 0.25) is 0 Å². The van der Waals surface area contributed by atoms with E-state index in [1.807, 2.05) is 29.9 Å². The molecule has 7 heteroatoms. The summed E-state index contributed by atoms with van der Waals surface area (Å²) in [7, 11) is 1.96. The van der Waals surface area contributed by atoms with Crippen molar-refractivity contribution < 1.29 is 4.79 Å². The molecule has 0 atom stereocenters. The van der Waals surface area contributed by atoms with E-state index in [1.54, 1.807) is 4.90 Å². The van der Waals surface area contributed by atoms with Crippen molar-refractivity contribution in [3.05, 3.63) is 70.0 Å². The van der Waals surface area contributed by atoms with Gasteiger partial charge in [-0.25, -0.2) is 0 Å². The summed E-state index contributed by atoms with van der Waals surface area (Å²) in [5.74, 6) is -0.203. The first-order valence-electron chi connectivity index (χ1n) is 8.57. The molecule has 132 valence electrons. The number of hydrogen-bond donors (Lipinski definition) is 1. The Bertz CT molecular complexity index is 1010. The molecule has 1 amide bonds. The molecule has 26 heavy (non-hydrogen) atoms. The van der Waals surface area contributed by atoms with Crippen molar-refractivity contribution in [3.63, 3.8) is 0 Å². The minimum absolute atomic E-state index is 0.203. The molecule has 0 unspecified atom stereocenters. The molecule has 0 aliphatic carbocycles. The number of fused-ring (bicyclic) bond motifs is 1. The zero-order chi connectivity index (χ0) is 18.1. The van der Waals surface area contributed by atoms with E-state index in [1.165, 1.54) is 11.8 Å². The molecule has 1 aromatic carbocycles. The number of hydrogen-bond acceptors (Lipinski definition) is 4. The summed E-state index contributed by atoms with van der Waals surface area (Å²) in [4.78, 5) is 32.2. The van der Waals surface area contributed by atoms with E-state index in [0.717, 1.165) is 29.6 Å². The number of carbonyl (C=O) groups is 1. The molecule has 0 saturated carbocycles. The summed E-state index contributed by atoms with van der Waals surface area (Å²) in [6.45, 7) is 1.14. The van der Waals surface area contributed by atoms with E-state index in [-0.39, 0.29) is 17.2 Å². The highest BCUT2D eigenvalue weighted by Crippen LogP contribution is 2.28. The molecule has 0 saturated heterocycles. The molecule has 2 aromatic heterocycles. The molecule has 7 nitrogen and oxygen atoms in total. The fraction of sp³-hybridized carbons (Fsp3) is 0.263. The van der Waals surface area contributed by atoms with Crippen LogP contribution >= 0.6 is 0 Å². The van der Waals surface area contributed by atoms with Crippen molar-refractivity contribution >= 4 is 5.91 Å². The van der Waals surface area contributed by atoms with Gasteiger partial charge in [0, 0.05) is 37.7 Å². The van der Waals surface area contributed by atoms with Gasteiger partial charge in [-0.1, -0.05) is 30.3 Å². The van der Waals surface area contributed by atoms with E-state index >= 15 is 0 Å². The second kappa shape index (κ2) is 6.59. The molecule has 3 heterocycles. The van der Waals surface area contributed by atoms with Crippen LogP contribution < -0.4 is 5.56 Å². The van der Waals surface area contributed by atoms with Gasteiger partial charge in [-0.15, -0.1) is 0 Å². The molecule has 3 aromatic rings. The summed E-state index contributed by atoms with van der Waals surface area (Å²) >= 11 is 0. The Hall–Kier alpha value is -3.22. The topological polar surface area (TPSA) is 83.9 Å². The number of amides is 1. The summed E-state index contributed by atoms with van der Waals surface area (Å²) in [6.07, 6.45) is 3.97. The fourth-order valence-corrected chi connectivity index (χ4v) is 3.50. The molecule has 0 radical (unpaired) electrons. The summed E-state index contributed by atoms with van der Waals surface area (Å²) in [5, 5.41) is 4.68. The van der Waals surface area contributed by atoms with Gasteiger partial charge < -0.3 is 9.88 Å². The lowest BCUT2D eigenvalue weighted by atomic mass is 10.0. The Morgan fingerprint density at radius 3 is 2.65 bits per heavy atom. The Morgan fingerprint density at radius 1 is 1.12 bits per heavy atom. The van der Waals surface area contributed by atoms with Gasteiger partial charge in [0.15, 0.2) is 0 Å². The van der Waals surface area contributed by atoms with Crippen molar-refractivity contribution in [2.24, 2.45) is 7.05 Å². The van der Waals surface area contributed by atoms with Crippen LogP contribution in [0.1, 0.15) is 21.7 Å². The van der Waals surface area contributed by atoms with Crippen LogP contribution in [0.5, 0.6) is 0 Å². The SMILES string of the molecule is Cn1nc2c(c1-c1ccccc1)CCN(C(=O)c1cncc(=O)[nH]1)CC2. The Balaban J connectivity index is 1.61. The summed E-state index contributed by atoms with van der Waals surface area (Å²) < 4.78 is 1.93. The van der Waals surface area contributed by atoms with Crippen LogP contribution in [0.25, 0.3) is 11.3 Å². The highest BCUT2D eigenvalue weighted by atomic mass is 16.2. The standard InChI is InChI=1S/C19H19N5O2/c1-23-18(13-5-3-2-4-6-13)14-7-9-24(10-8-15(14)22-23)19(26)16-11-20-12-17(25)21-16/h2-6,11-12H,7-10H2,1H3,(H,21,25). The number of carbonyl (C=O) groups excluding carboxylic acids is 1. The van der Waals surface area contributed by atoms with E-state index in [0.29, 0.717) is 19.5 Å². The quantitative estimate of drug-likeness (QED) is 0.758. The summed E-state index contributed by atoms with van der Waals surface area (Å²) in [6, 6.07) is 10.2. The van der Waals surface area contributed by atoms with Gasteiger partial charge in [-0.3, -0.25) is 19.3 Å². The molecular formula is C19H19N5O2. The third-order valence-electron chi connectivity index (χ3n) is 4.70. The Kier molecular flexibility index (Phi) is 4.12. The van der Waals surface area contributed by atoms with Crippen LogP contribution in [-0.2, 0) is 19.9 Å². The van der Waals surface area contributed by atoms with Gasteiger partial charge in [0.05, 0.1) is 23.8 Å². The molecule has 0 bridgehead atoms. The van der Waals surface area contributed by atoms with Gasteiger partial charge in [0.25, 0.3) is 11.5 Å². The third-order valence-corrected chi connectivity index (χ3v) is 4.70. The van der Waals surface area contributed by atoms with Gasteiger partial charge in [-0.2, -0.15) is 5.10 Å². The third kappa shape index (κ3) is 2.92. The van der Waals surface area contributed by atoms with Crippen LogP contribution in [0, 0.1) is 0 Å². The van der Waals surface area contributed by atoms with Gasteiger partial charge in [0.1, 0.15) is 5.69 Å². The molecule has 0 fully saturated rings. The second-order valence-electron chi connectivity index (χ2n) is 6.37. The van der Waals surface area contributed by atoms with E-state index in [9.17, 15) is 9.59 Å². The average molecular weight is 349 g/mol. The number of nitrogens with one attached hydrogen (secondary N) is 1. The first-order valence-corrected chi connectivity index (χ1v) is 8.57. The molecular weight excluding hydrogens is 330 g/mol. The lowest BCUT2D eigenvalue weighted by molar-refractivity contribution is 0.0756. The van der Waals surface area contributed by atoms with Crippen LogP contribution in [0.3, 0.4) is 0 Å². The Labute approximate surface area is 150 Å².